The average Bonchev–Trinajstić information content (AvgIpc) is 2.37. The van der Waals surface area contributed by atoms with Crippen molar-refractivity contribution in [1.29, 1.82) is 0 Å². The molecular formula is C15H25NO3S. The van der Waals surface area contributed by atoms with Gasteiger partial charge in [0.1, 0.15) is 5.75 Å². The summed E-state index contributed by atoms with van der Waals surface area (Å²) < 4.78 is 29.3. The third-order valence-electron chi connectivity index (χ3n) is 3.82. The largest absolute Gasteiger partial charge is 0.496 e. The Balaban J connectivity index is 3.39. The number of benzene rings is 1. The van der Waals surface area contributed by atoms with Crippen LogP contribution in [-0.4, -0.2) is 33.6 Å². The van der Waals surface area contributed by atoms with Gasteiger partial charge < -0.3 is 10.1 Å². The number of nitrogens with one attached hydrogen (secondary N) is 1. The fraction of sp³-hybridized carbons (Fsp3) is 0.600. The van der Waals surface area contributed by atoms with Crippen LogP contribution in [0.3, 0.4) is 0 Å². The molecule has 114 valence electrons. The summed E-state index contributed by atoms with van der Waals surface area (Å²) in [5, 5.41) is 2.75. The first-order chi connectivity index (χ1) is 9.23. The number of aryl methyl sites for hydroxylation is 1. The molecule has 0 amide bonds. The van der Waals surface area contributed by atoms with Crippen molar-refractivity contribution < 1.29 is 13.2 Å². The molecule has 0 aliphatic heterocycles. The van der Waals surface area contributed by atoms with Gasteiger partial charge in [-0.2, -0.15) is 0 Å². The molecule has 20 heavy (non-hydrogen) atoms. The lowest BCUT2D eigenvalue weighted by Crippen LogP contribution is -2.35. The van der Waals surface area contributed by atoms with E-state index < -0.39 is 15.1 Å². The van der Waals surface area contributed by atoms with Crippen LogP contribution < -0.4 is 10.1 Å². The maximum absolute atomic E-state index is 11.9. The number of ether oxygens (including phenoxy) is 1. The van der Waals surface area contributed by atoms with Crippen molar-refractivity contribution in [2.24, 2.45) is 0 Å². The van der Waals surface area contributed by atoms with E-state index in [1.54, 1.807) is 14.0 Å². The molecule has 0 spiro atoms. The summed E-state index contributed by atoms with van der Waals surface area (Å²) in [6.45, 7) is 8.41. The van der Waals surface area contributed by atoms with Crippen LogP contribution >= 0.6 is 0 Å². The zero-order valence-electron chi connectivity index (χ0n) is 13.1. The van der Waals surface area contributed by atoms with Crippen LogP contribution in [0.4, 0.5) is 0 Å². The van der Waals surface area contributed by atoms with Crippen LogP contribution in [0.5, 0.6) is 5.75 Å². The van der Waals surface area contributed by atoms with Gasteiger partial charge in [-0.1, -0.05) is 19.1 Å². The van der Waals surface area contributed by atoms with Crippen molar-refractivity contribution in [3.8, 4) is 5.75 Å². The van der Waals surface area contributed by atoms with E-state index in [0.717, 1.165) is 22.4 Å². The Morgan fingerprint density at radius 1 is 1.30 bits per heavy atom. The smallest absolute Gasteiger partial charge is 0.151 e. The minimum atomic E-state index is -3.14. The van der Waals surface area contributed by atoms with Gasteiger partial charge in [-0.15, -0.1) is 0 Å². The molecule has 0 aliphatic rings. The van der Waals surface area contributed by atoms with Gasteiger partial charge in [-0.3, -0.25) is 0 Å². The van der Waals surface area contributed by atoms with Crippen LogP contribution in [0.25, 0.3) is 0 Å². The Labute approximate surface area is 122 Å². The summed E-state index contributed by atoms with van der Waals surface area (Å²) in [6, 6.07) is 3.69. The molecule has 0 heterocycles. The fourth-order valence-corrected chi connectivity index (χ4v) is 3.06. The third-order valence-corrected chi connectivity index (χ3v) is 5.44. The number of hydrogen-bond acceptors (Lipinski definition) is 4. The van der Waals surface area contributed by atoms with E-state index in [1.807, 2.05) is 32.9 Å². The molecule has 0 radical (unpaired) electrons. The van der Waals surface area contributed by atoms with Gasteiger partial charge in [-0.05, 0) is 38.4 Å². The highest BCUT2D eigenvalue weighted by atomic mass is 32.2. The van der Waals surface area contributed by atoms with Crippen molar-refractivity contribution in [3.05, 3.63) is 28.8 Å². The molecule has 0 saturated carbocycles. The molecule has 1 aromatic rings. The summed E-state index contributed by atoms with van der Waals surface area (Å²) in [6.07, 6.45) is 1.27. The van der Waals surface area contributed by atoms with E-state index in [0.29, 0.717) is 6.54 Å². The van der Waals surface area contributed by atoms with Gasteiger partial charge >= 0.3 is 0 Å². The van der Waals surface area contributed by atoms with E-state index in [4.69, 9.17) is 4.74 Å². The van der Waals surface area contributed by atoms with Gasteiger partial charge in [-0.25, -0.2) is 8.42 Å². The highest BCUT2D eigenvalue weighted by Crippen LogP contribution is 2.33. The lowest BCUT2D eigenvalue weighted by Gasteiger charge is -2.26. The summed E-state index contributed by atoms with van der Waals surface area (Å²) in [5.41, 5.74) is 3.08. The standard InChI is InChI=1S/C15H25NO3S/c1-7-16-14(12(4)20(6,17)18)13-9-8-10(2)11(3)15(13)19-5/h8-9,12,14,16H,7H2,1-6H3. The predicted molar refractivity (Wildman–Crippen MR) is 83.2 cm³/mol. The van der Waals surface area contributed by atoms with Crippen molar-refractivity contribution in [2.75, 3.05) is 19.9 Å². The van der Waals surface area contributed by atoms with Crippen LogP contribution in [0.15, 0.2) is 12.1 Å². The molecule has 4 nitrogen and oxygen atoms in total. The maximum atomic E-state index is 11.9. The molecule has 2 unspecified atom stereocenters. The molecule has 0 aromatic heterocycles. The molecule has 0 saturated heterocycles. The fourth-order valence-electron chi connectivity index (χ4n) is 2.32. The molecule has 5 heteroatoms. The highest BCUT2D eigenvalue weighted by Gasteiger charge is 2.29. The highest BCUT2D eigenvalue weighted by molar-refractivity contribution is 7.91. The van der Waals surface area contributed by atoms with E-state index in [-0.39, 0.29) is 6.04 Å². The predicted octanol–water partition coefficient (Wildman–Crippen LogP) is 2.40. The van der Waals surface area contributed by atoms with E-state index in [2.05, 4.69) is 5.32 Å². The number of hydrogen-bond donors (Lipinski definition) is 1. The average molecular weight is 299 g/mol. The molecule has 2 atom stereocenters. The Kier molecular flexibility index (Phi) is 5.59. The van der Waals surface area contributed by atoms with Gasteiger partial charge in [0.15, 0.2) is 9.84 Å². The first-order valence-corrected chi connectivity index (χ1v) is 8.75. The summed E-state index contributed by atoms with van der Waals surface area (Å²) in [5.74, 6) is 0.770. The normalized spacial score (nSPS) is 14.9. The second-order valence-electron chi connectivity index (χ2n) is 5.20. The van der Waals surface area contributed by atoms with Crippen molar-refractivity contribution in [2.45, 2.75) is 39.0 Å². The molecule has 0 bridgehead atoms. The lowest BCUT2D eigenvalue weighted by molar-refractivity contribution is 0.394. The van der Waals surface area contributed by atoms with Crippen molar-refractivity contribution in [3.63, 3.8) is 0 Å². The van der Waals surface area contributed by atoms with Crippen LogP contribution in [0.1, 0.15) is 36.6 Å². The Morgan fingerprint density at radius 2 is 1.90 bits per heavy atom. The van der Waals surface area contributed by atoms with Crippen LogP contribution in [0, 0.1) is 13.8 Å². The van der Waals surface area contributed by atoms with Gasteiger partial charge in [0.2, 0.25) is 0 Å². The molecule has 1 N–H and O–H groups in total. The summed E-state index contributed by atoms with van der Waals surface area (Å²) in [7, 11) is -1.51. The first-order valence-electron chi connectivity index (χ1n) is 6.80. The monoisotopic (exact) mass is 299 g/mol. The molecule has 0 aliphatic carbocycles. The Morgan fingerprint density at radius 3 is 2.35 bits per heavy atom. The molecule has 1 aromatic carbocycles. The minimum absolute atomic E-state index is 0.274. The van der Waals surface area contributed by atoms with E-state index in [1.165, 1.54) is 6.26 Å². The van der Waals surface area contributed by atoms with Gasteiger partial charge in [0.05, 0.1) is 18.4 Å². The molecular weight excluding hydrogens is 274 g/mol. The number of sulfone groups is 1. The number of methoxy groups -OCH3 is 1. The summed E-state index contributed by atoms with van der Waals surface area (Å²) in [4.78, 5) is 0. The minimum Gasteiger partial charge on any atom is -0.496 e. The molecule has 0 fully saturated rings. The van der Waals surface area contributed by atoms with Gasteiger partial charge in [0, 0.05) is 11.8 Å². The first kappa shape index (κ1) is 17.0. The van der Waals surface area contributed by atoms with E-state index in [9.17, 15) is 8.42 Å². The van der Waals surface area contributed by atoms with Crippen molar-refractivity contribution in [1.82, 2.24) is 5.32 Å². The second-order valence-corrected chi connectivity index (χ2v) is 7.60. The summed E-state index contributed by atoms with van der Waals surface area (Å²) >= 11 is 0. The van der Waals surface area contributed by atoms with E-state index >= 15 is 0 Å². The Bertz CT molecular complexity index is 567. The lowest BCUT2D eigenvalue weighted by atomic mass is 9.97. The Hall–Kier alpha value is -1.07. The quantitative estimate of drug-likeness (QED) is 0.876. The second kappa shape index (κ2) is 6.59. The third kappa shape index (κ3) is 3.52. The van der Waals surface area contributed by atoms with Crippen molar-refractivity contribution >= 4 is 9.84 Å². The SMILES string of the molecule is CCNC(c1ccc(C)c(C)c1OC)C(C)S(C)(=O)=O. The zero-order valence-corrected chi connectivity index (χ0v) is 14.0. The maximum Gasteiger partial charge on any atom is 0.151 e. The topological polar surface area (TPSA) is 55.4 Å². The van der Waals surface area contributed by atoms with Crippen LogP contribution in [0.2, 0.25) is 0 Å². The molecule has 1 rings (SSSR count). The van der Waals surface area contributed by atoms with Gasteiger partial charge in [0.25, 0.3) is 0 Å². The number of rotatable bonds is 6. The van der Waals surface area contributed by atoms with Crippen LogP contribution in [-0.2, 0) is 9.84 Å². The zero-order chi connectivity index (χ0) is 15.5.